The zero-order chi connectivity index (χ0) is 14.7. The molecule has 0 amide bonds. The number of benzene rings is 1. The fourth-order valence-electron chi connectivity index (χ4n) is 2.96. The Hall–Kier alpha value is -2.09. The lowest BCUT2D eigenvalue weighted by atomic mass is 9.80. The predicted octanol–water partition coefficient (Wildman–Crippen LogP) is 3.70. The Morgan fingerprint density at radius 1 is 1.40 bits per heavy atom. The summed E-state index contributed by atoms with van der Waals surface area (Å²) in [5.41, 5.74) is 0.697. The highest BCUT2D eigenvalue weighted by Crippen LogP contribution is 2.31. The summed E-state index contributed by atoms with van der Waals surface area (Å²) >= 11 is 0. The predicted molar refractivity (Wildman–Crippen MR) is 77.4 cm³/mol. The number of hydrogen-bond acceptors (Lipinski definition) is 4. The highest BCUT2D eigenvalue weighted by Gasteiger charge is 2.25. The van der Waals surface area contributed by atoms with Crippen LogP contribution >= 0.6 is 0 Å². The maximum Gasteiger partial charge on any atom is 0.289 e. The highest BCUT2D eigenvalue weighted by atomic mass is 16.6. The SMILES string of the molecule is CC1CCC(Nc2ccc(C#N)c([N+](=O)[O-])c2)C(C)C1. The molecule has 1 saturated carbocycles. The van der Waals surface area contributed by atoms with Gasteiger partial charge in [0.1, 0.15) is 11.6 Å². The van der Waals surface area contributed by atoms with Crippen LogP contribution in [0, 0.1) is 33.3 Å². The molecule has 3 atom stereocenters. The molecule has 0 saturated heterocycles. The normalized spacial score (nSPS) is 25.8. The van der Waals surface area contributed by atoms with E-state index in [0.717, 1.165) is 18.0 Å². The fourth-order valence-corrected chi connectivity index (χ4v) is 2.96. The summed E-state index contributed by atoms with van der Waals surface area (Å²) in [5.74, 6) is 1.30. The van der Waals surface area contributed by atoms with Gasteiger partial charge in [-0.3, -0.25) is 10.1 Å². The van der Waals surface area contributed by atoms with Crippen molar-refractivity contribution in [2.45, 2.75) is 39.2 Å². The molecule has 5 nitrogen and oxygen atoms in total. The van der Waals surface area contributed by atoms with Gasteiger partial charge in [-0.25, -0.2) is 0 Å². The van der Waals surface area contributed by atoms with Crippen molar-refractivity contribution in [3.05, 3.63) is 33.9 Å². The Bertz CT molecular complexity index is 551. The molecule has 1 aliphatic carbocycles. The number of hydrogen-bond donors (Lipinski definition) is 1. The van der Waals surface area contributed by atoms with Crippen molar-refractivity contribution >= 4 is 11.4 Å². The van der Waals surface area contributed by atoms with Crippen molar-refractivity contribution in [2.75, 3.05) is 5.32 Å². The third-order valence-corrected chi connectivity index (χ3v) is 4.10. The second-order valence-electron chi connectivity index (χ2n) is 5.75. The first-order chi connectivity index (χ1) is 9.51. The summed E-state index contributed by atoms with van der Waals surface area (Å²) in [6.07, 6.45) is 3.44. The van der Waals surface area contributed by atoms with Crippen LogP contribution in [0.1, 0.15) is 38.7 Å². The van der Waals surface area contributed by atoms with Gasteiger partial charge in [0.15, 0.2) is 0 Å². The molecule has 0 radical (unpaired) electrons. The second-order valence-corrected chi connectivity index (χ2v) is 5.75. The first kappa shape index (κ1) is 14.3. The number of nitro groups is 1. The molecule has 20 heavy (non-hydrogen) atoms. The summed E-state index contributed by atoms with van der Waals surface area (Å²) in [5, 5.41) is 23.2. The van der Waals surface area contributed by atoms with Crippen molar-refractivity contribution in [3.8, 4) is 6.07 Å². The molecule has 1 aliphatic rings. The number of nitriles is 1. The van der Waals surface area contributed by atoms with Gasteiger partial charge in [0.2, 0.25) is 0 Å². The molecule has 0 aliphatic heterocycles. The van der Waals surface area contributed by atoms with Gasteiger partial charge >= 0.3 is 0 Å². The highest BCUT2D eigenvalue weighted by molar-refractivity contribution is 5.59. The van der Waals surface area contributed by atoms with Crippen LogP contribution in [0.15, 0.2) is 18.2 Å². The lowest BCUT2D eigenvalue weighted by Gasteiger charge is -2.33. The van der Waals surface area contributed by atoms with Crippen molar-refractivity contribution < 1.29 is 4.92 Å². The smallest absolute Gasteiger partial charge is 0.289 e. The van der Waals surface area contributed by atoms with E-state index in [4.69, 9.17) is 5.26 Å². The van der Waals surface area contributed by atoms with E-state index >= 15 is 0 Å². The van der Waals surface area contributed by atoms with Gasteiger partial charge in [-0.1, -0.05) is 13.8 Å². The average molecular weight is 273 g/mol. The quantitative estimate of drug-likeness (QED) is 0.672. The summed E-state index contributed by atoms with van der Waals surface area (Å²) in [7, 11) is 0. The third-order valence-electron chi connectivity index (χ3n) is 4.10. The molecule has 3 unspecified atom stereocenters. The lowest BCUT2D eigenvalue weighted by molar-refractivity contribution is -0.385. The molecule has 1 fully saturated rings. The van der Waals surface area contributed by atoms with E-state index in [2.05, 4.69) is 19.2 Å². The number of anilines is 1. The minimum absolute atomic E-state index is 0.103. The molecular weight excluding hydrogens is 254 g/mol. The number of nitrogens with zero attached hydrogens (tertiary/aromatic N) is 2. The molecule has 1 aromatic rings. The topological polar surface area (TPSA) is 79.0 Å². The van der Waals surface area contributed by atoms with E-state index in [1.54, 1.807) is 6.07 Å². The van der Waals surface area contributed by atoms with Crippen molar-refractivity contribution in [3.63, 3.8) is 0 Å². The summed E-state index contributed by atoms with van der Waals surface area (Å²) in [6, 6.07) is 6.92. The van der Waals surface area contributed by atoms with Gasteiger partial charge in [0, 0.05) is 17.8 Å². The largest absolute Gasteiger partial charge is 0.382 e. The number of rotatable bonds is 3. The number of nitro benzene ring substituents is 1. The molecule has 1 aromatic carbocycles. The summed E-state index contributed by atoms with van der Waals surface area (Å²) in [4.78, 5) is 10.5. The molecule has 106 valence electrons. The Balaban J connectivity index is 2.16. The zero-order valence-electron chi connectivity index (χ0n) is 11.8. The minimum atomic E-state index is -0.504. The van der Waals surface area contributed by atoms with Crippen LogP contribution in [0.25, 0.3) is 0 Å². The van der Waals surface area contributed by atoms with Gasteiger partial charge < -0.3 is 5.32 Å². The summed E-state index contributed by atoms with van der Waals surface area (Å²) < 4.78 is 0. The van der Waals surface area contributed by atoms with Crippen LogP contribution in [0.4, 0.5) is 11.4 Å². The monoisotopic (exact) mass is 273 g/mol. The van der Waals surface area contributed by atoms with Crippen LogP contribution in [-0.4, -0.2) is 11.0 Å². The molecule has 0 aromatic heterocycles. The van der Waals surface area contributed by atoms with Gasteiger partial charge in [0.25, 0.3) is 5.69 Å². The second kappa shape index (κ2) is 5.91. The van der Waals surface area contributed by atoms with Crippen LogP contribution in [0.5, 0.6) is 0 Å². The van der Waals surface area contributed by atoms with E-state index in [9.17, 15) is 10.1 Å². The molecule has 0 heterocycles. The van der Waals surface area contributed by atoms with E-state index in [1.165, 1.54) is 25.0 Å². The van der Waals surface area contributed by atoms with Crippen LogP contribution in [0.2, 0.25) is 0 Å². The first-order valence-corrected chi connectivity index (χ1v) is 6.96. The van der Waals surface area contributed by atoms with Crippen LogP contribution in [-0.2, 0) is 0 Å². The maximum absolute atomic E-state index is 11.0. The van der Waals surface area contributed by atoms with Gasteiger partial charge in [-0.05, 0) is 43.2 Å². The Morgan fingerprint density at radius 3 is 2.75 bits per heavy atom. The Kier molecular flexibility index (Phi) is 4.23. The van der Waals surface area contributed by atoms with Gasteiger partial charge in [-0.15, -0.1) is 0 Å². The average Bonchev–Trinajstić information content (AvgIpc) is 2.41. The Morgan fingerprint density at radius 2 is 2.15 bits per heavy atom. The minimum Gasteiger partial charge on any atom is -0.382 e. The maximum atomic E-state index is 11.0. The van der Waals surface area contributed by atoms with Crippen LogP contribution in [0.3, 0.4) is 0 Å². The van der Waals surface area contributed by atoms with Gasteiger partial charge in [-0.2, -0.15) is 5.26 Å². The van der Waals surface area contributed by atoms with E-state index in [1.807, 2.05) is 6.07 Å². The van der Waals surface area contributed by atoms with Gasteiger partial charge in [0.05, 0.1) is 4.92 Å². The summed E-state index contributed by atoms with van der Waals surface area (Å²) in [6.45, 7) is 4.48. The molecular formula is C15H19N3O2. The molecule has 5 heteroatoms. The lowest BCUT2D eigenvalue weighted by Crippen LogP contribution is -2.33. The molecule has 1 N–H and O–H groups in total. The molecule has 0 spiro atoms. The standard InChI is InChI=1S/C15H19N3O2/c1-10-3-6-14(11(2)7-10)17-13-5-4-12(9-16)15(8-13)18(19)20/h4-5,8,10-11,14,17H,3,6-7H2,1-2H3. The van der Waals surface area contributed by atoms with Crippen molar-refractivity contribution in [2.24, 2.45) is 11.8 Å². The number of nitrogens with one attached hydrogen (secondary N) is 1. The Labute approximate surface area is 118 Å². The fraction of sp³-hybridized carbons (Fsp3) is 0.533. The molecule has 0 bridgehead atoms. The van der Waals surface area contributed by atoms with Crippen molar-refractivity contribution in [1.82, 2.24) is 0 Å². The van der Waals surface area contributed by atoms with E-state index < -0.39 is 4.92 Å². The zero-order valence-corrected chi connectivity index (χ0v) is 11.8. The van der Waals surface area contributed by atoms with E-state index in [0.29, 0.717) is 12.0 Å². The third kappa shape index (κ3) is 3.08. The van der Waals surface area contributed by atoms with E-state index in [-0.39, 0.29) is 11.3 Å². The van der Waals surface area contributed by atoms with Crippen molar-refractivity contribution in [1.29, 1.82) is 5.26 Å². The van der Waals surface area contributed by atoms with Crippen LogP contribution < -0.4 is 5.32 Å². The molecule has 2 rings (SSSR count). The first-order valence-electron chi connectivity index (χ1n) is 6.96.